The van der Waals surface area contributed by atoms with Gasteiger partial charge in [0.2, 0.25) is 5.95 Å². The first-order valence-corrected chi connectivity index (χ1v) is 17.0. The summed E-state index contributed by atoms with van der Waals surface area (Å²) in [5.41, 5.74) is 8.55. The van der Waals surface area contributed by atoms with Crippen molar-refractivity contribution in [3.05, 3.63) is 170 Å². The van der Waals surface area contributed by atoms with Gasteiger partial charge in [0.05, 0.1) is 39.0 Å². The van der Waals surface area contributed by atoms with Crippen molar-refractivity contribution in [1.82, 2.24) is 19.1 Å². The molecule has 11 aromatic rings. The molecular weight excluding hydrogens is 609 g/mol. The summed E-state index contributed by atoms with van der Waals surface area (Å²) in [4.78, 5) is 10.7. The van der Waals surface area contributed by atoms with Crippen molar-refractivity contribution in [3.8, 4) is 22.9 Å². The molecule has 0 saturated carbocycles. The van der Waals surface area contributed by atoms with Gasteiger partial charge in [-0.25, -0.2) is 9.97 Å². The zero-order valence-electron chi connectivity index (χ0n) is 27.0. The number of benzene rings is 8. The highest BCUT2D eigenvalue weighted by Crippen LogP contribution is 2.41. The molecule has 0 unspecified atom stereocenters. The Morgan fingerprint density at radius 3 is 1.72 bits per heavy atom. The molecule has 0 radical (unpaired) electrons. The van der Waals surface area contributed by atoms with Gasteiger partial charge in [-0.2, -0.15) is 0 Å². The normalized spacial score (nSPS) is 12.0. The molecule has 50 heavy (non-hydrogen) atoms. The predicted octanol–water partition coefficient (Wildman–Crippen LogP) is 11.8. The third kappa shape index (κ3) is 3.87. The van der Waals surface area contributed by atoms with E-state index in [2.05, 4.69) is 179 Å². The van der Waals surface area contributed by atoms with Crippen LogP contribution in [0.2, 0.25) is 0 Å². The average Bonchev–Trinajstić information content (AvgIpc) is 3.69. The lowest BCUT2D eigenvalue weighted by atomic mass is 10.0. The lowest BCUT2D eigenvalue weighted by molar-refractivity contribution is 1.01. The Morgan fingerprint density at radius 1 is 0.360 bits per heavy atom. The quantitative estimate of drug-likeness (QED) is 0.193. The third-order valence-corrected chi connectivity index (χ3v) is 10.3. The number of hydrogen-bond acceptors (Lipinski definition) is 2. The standard InChI is InChI=1S/C46H28N4/c1-2-13-30-26-33(25-24-29(30)12-1)45-36-18-5-8-19-38(36)47-46(48-45)50-42-23-11-22-41(44(42)37-27-31-14-3-4-15-32(31)28-43(37)50)49-39-20-9-6-16-34(39)35-17-7-10-21-40(35)49/h1-28H. The summed E-state index contributed by atoms with van der Waals surface area (Å²) in [6.07, 6.45) is 0. The van der Waals surface area contributed by atoms with Gasteiger partial charge in [0.15, 0.2) is 0 Å². The first-order chi connectivity index (χ1) is 24.8. The van der Waals surface area contributed by atoms with E-state index in [0.717, 1.165) is 38.9 Å². The summed E-state index contributed by atoms with van der Waals surface area (Å²) in [5.74, 6) is 0.654. The summed E-state index contributed by atoms with van der Waals surface area (Å²) in [6, 6.07) is 60.8. The first-order valence-electron chi connectivity index (χ1n) is 17.0. The Morgan fingerprint density at radius 2 is 0.960 bits per heavy atom. The van der Waals surface area contributed by atoms with Crippen molar-refractivity contribution in [1.29, 1.82) is 0 Å². The summed E-state index contributed by atoms with van der Waals surface area (Å²) < 4.78 is 4.69. The minimum atomic E-state index is 0.654. The third-order valence-electron chi connectivity index (χ3n) is 10.3. The molecule has 4 heteroatoms. The minimum Gasteiger partial charge on any atom is -0.309 e. The van der Waals surface area contributed by atoms with Gasteiger partial charge < -0.3 is 4.57 Å². The molecule has 0 spiro atoms. The fourth-order valence-electron chi connectivity index (χ4n) is 8.04. The Kier molecular flexibility index (Phi) is 5.63. The molecule has 232 valence electrons. The Labute approximate surface area is 287 Å². The van der Waals surface area contributed by atoms with Crippen LogP contribution in [-0.2, 0) is 0 Å². The van der Waals surface area contributed by atoms with Crippen LogP contribution in [0, 0.1) is 0 Å². The van der Waals surface area contributed by atoms with Crippen molar-refractivity contribution in [2.24, 2.45) is 0 Å². The van der Waals surface area contributed by atoms with Gasteiger partial charge in [0.1, 0.15) is 0 Å². The second kappa shape index (κ2) is 10.4. The maximum Gasteiger partial charge on any atom is 0.235 e. The van der Waals surface area contributed by atoms with E-state index in [1.54, 1.807) is 0 Å². The van der Waals surface area contributed by atoms with Gasteiger partial charge in [-0.15, -0.1) is 0 Å². The van der Waals surface area contributed by atoms with Crippen molar-refractivity contribution >= 4 is 76.1 Å². The van der Waals surface area contributed by atoms with Gasteiger partial charge in [0, 0.05) is 32.5 Å². The maximum absolute atomic E-state index is 5.44. The molecule has 4 nitrogen and oxygen atoms in total. The number of rotatable bonds is 3. The van der Waals surface area contributed by atoms with Crippen molar-refractivity contribution in [2.75, 3.05) is 0 Å². The lowest BCUT2D eigenvalue weighted by Gasteiger charge is -2.13. The van der Waals surface area contributed by atoms with Crippen molar-refractivity contribution < 1.29 is 0 Å². The van der Waals surface area contributed by atoms with Gasteiger partial charge in [-0.05, 0) is 70.1 Å². The van der Waals surface area contributed by atoms with Crippen LogP contribution < -0.4 is 0 Å². The topological polar surface area (TPSA) is 35.6 Å². The van der Waals surface area contributed by atoms with Crippen molar-refractivity contribution in [3.63, 3.8) is 0 Å². The predicted molar refractivity (Wildman–Crippen MR) is 209 cm³/mol. The summed E-state index contributed by atoms with van der Waals surface area (Å²) in [6.45, 7) is 0. The van der Waals surface area contributed by atoms with E-state index in [1.165, 1.54) is 54.1 Å². The number of fused-ring (bicyclic) bond motifs is 9. The Balaban J connectivity index is 1.28. The summed E-state index contributed by atoms with van der Waals surface area (Å²) in [7, 11) is 0. The van der Waals surface area contributed by atoms with Crippen LogP contribution in [0.4, 0.5) is 0 Å². The van der Waals surface area contributed by atoms with E-state index < -0.39 is 0 Å². The van der Waals surface area contributed by atoms with Gasteiger partial charge in [-0.1, -0.05) is 121 Å². The highest BCUT2D eigenvalue weighted by atomic mass is 15.2. The zero-order chi connectivity index (χ0) is 32.8. The van der Waals surface area contributed by atoms with E-state index in [1.807, 2.05) is 0 Å². The minimum absolute atomic E-state index is 0.654. The van der Waals surface area contributed by atoms with Gasteiger partial charge >= 0.3 is 0 Å². The molecule has 0 N–H and O–H groups in total. The number of aromatic nitrogens is 4. The summed E-state index contributed by atoms with van der Waals surface area (Å²) >= 11 is 0. The molecule has 0 bridgehead atoms. The monoisotopic (exact) mass is 636 g/mol. The number of para-hydroxylation sites is 3. The molecule has 0 aliphatic rings. The second-order valence-electron chi connectivity index (χ2n) is 13.0. The Bertz CT molecular complexity index is 3110. The molecule has 0 saturated heterocycles. The smallest absolute Gasteiger partial charge is 0.235 e. The SMILES string of the molecule is c1ccc2cc(-c3nc(-n4c5cc6ccccc6cc5c5c(-n6c7ccccc7c7ccccc76)cccc54)nc4ccccc34)ccc2c1. The second-order valence-corrected chi connectivity index (χ2v) is 13.0. The van der Waals surface area contributed by atoms with Crippen LogP contribution in [0.25, 0.3) is 99.0 Å². The molecule has 8 aromatic carbocycles. The fourth-order valence-corrected chi connectivity index (χ4v) is 8.04. The van der Waals surface area contributed by atoms with Gasteiger partial charge in [0.25, 0.3) is 0 Å². The van der Waals surface area contributed by atoms with Crippen LogP contribution in [0.3, 0.4) is 0 Å². The maximum atomic E-state index is 5.44. The molecule has 0 fully saturated rings. The molecule has 11 rings (SSSR count). The van der Waals surface area contributed by atoms with Crippen LogP contribution in [0.1, 0.15) is 0 Å². The molecule has 0 atom stereocenters. The van der Waals surface area contributed by atoms with E-state index in [0.29, 0.717) is 5.95 Å². The highest BCUT2D eigenvalue weighted by Gasteiger charge is 2.22. The molecule has 3 aromatic heterocycles. The average molecular weight is 637 g/mol. The van der Waals surface area contributed by atoms with E-state index in [9.17, 15) is 0 Å². The van der Waals surface area contributed by atoms with Crippen LogP contribution in [0.5, 0.6) is 0 Å². The van der Waals surface area contributed by atoms with E-state index in [4.69, 9.17) is 9.97 Å². The van der Waals surface area contributed by atoms with Crippen LogP contribution in [-0.4, -0.2) is 19.1 Å². The van der Waals surface area contributed by atoms with Crippen LogP contribution in [0.15, 0.2) is 170 Å². The molecule has 0 amide bonds. The number of nitrogens with zero attached hydrogens (tertiary/aromatic N) is 4. The Hall–Kier alpha value is -6.78. The lowest BCUT2D eigenvalue weighted by Crippen LogP contribution is -2.03. The van der Waals surface area contributed by atoms with E-state index in [-0.39, 0.29) is 0 Å². The van der Waals surface area contributed by atoms with Crippen molar-refractivity contribution in [2.45, 2.75) is 0 Å². The molecule has 0 aliphatic heterocycles. The van der Waals surface area contributed by atoms with E-state index >= 15 is 0 Å². The van der Waals surface area contributed by atoms with Gasteiger partial charge in [-0.3, -0.25) is 4.57 Å². The zero-order valence-corrected chi connectivity index (χ0v) is 27.0. The van der Waals surface area contributed by atoms with Crippen LogP contribution >= 0.6 is 0 Å². The highest BCUT2D eigenvalue weighted by molar-refractivity contribution is 6.18. The summed E-state index contributed by atoms with van der Waals surface area (Å²) in [5, 5.41) is 10.6. The molecule has 3 heterocycles. The fraction of sp³-hybridized carbons (Fsp3) is 0. The largest absolute Gasteiger partial charge is 0.309 e. The first kappa shape index (κ1) is 27.2. The number of hydrogen-bond donors (Lipinski definition) is 0. The molecular formula is C46H28N4. The molecule has 0 aliphatic carbocycles.